The molecule has 2 fully saturated rings. The summed E-state index contributed by atoms with van der Waals surface area (Å²) in [5.41, 5.74) is 2.39. The maximum absolute atomic E-state index is 4.38. The molecule has 2 aliphatic heterocycles. The molecule has 80 valence electrons. The Morgan fingerprint density at radius 3 is 3.13 bits per heavy atom. The SMILES string of the molecule is Cc1ccc(N2CC[C@H]3CNC[C@H]32)cn1. The Morgan fingerprint density at radius 1 is 1.40 bits per heavy atom. The van der Waals surface area contributed by atoms with E-state index in [1.807, 2.05) is 13.1 Å². The van der Waals surface area contributed by atoms with Crippen LogP contribution in [0, 0.1) is 12.8 Å². The molecule has 2 atom stereocenters. The average molecular weight is 203 g/mol. The molecule has 15 heavy (non-hydrogen) atoms. The third-order valence-corrected chi connectivity index (χ3v) is 3.67. The van der Waals surface area contributed by atoms with E-state index in [4.69, 9.17) is 0 Å². The van der Waals surface area contributed by atoms with Crippen LogP contribution in [-0.4, -0.2) is 30.7 Å². The summed E-state index contributed by atoms with van der Waals surface area (Å²) in [4.78, 5) is 6.89. The lowest BCUT2D eigenvalue weighted by molar-refractivity contribution is 0.578. The van der Waals surface area contributed by atoms with Crippen LogP contribution in [0.15, 0.2) is 18.3 Å². The lowest BCUT2D eigenvalue weighted by atomic mass is 10.1. The largest absolute Gasteiger partial charge is 0.366 e. The minimum absolute atomic E-state index is 0.703. The van der Waals surface area contributed by atoms with Crippen LogP contribution in [0.5, 0.6) is 0 Å². The third-order valence-electron chi connectivity index (χ3n) is 3.67. The van der Waals surface area contributed by atoms with Crippen molar-refractivity contribution in [1.82, 2.24) is 10.3 Å². The molecule has 3 heteroatoms. The first-order valence-corrected chi connectivity index (χ1v) is 5.74. The van der Waals surface area contributed by atoms with Gasteiger partial charge in [0.15, 0.2) is 0 Å². The van der Waals surface area contributed by atoms with Gasteiger partial charge in [-0.3, -0.25) is 4.98 Å². The lowest BCUT2D eigenvalue weighted by Crippen LogP contribution is -2.34. The first kappa shape index (κ1) is 9.16. The molecular weight excluding hydrogens is 186 g/mol. The van der Waals surface area contributed by atoms with Crippen molar-refractivity contribution < 1.29 is 0 Å². The zero-order chi connectivity index (χ0) is 10.3. The van der Waals surface area contributed by atoms with Gasteiger partial charge < -0.3 is 10.2 Å². The number of pyridine rings is 1. The van der Waals surface area contributed by atoms with Gasteiger partial charge in [0.2, 0.25) is 0 Å². The maximum atomic E-state index is 4.38. The van der Waals surface area contributed by atoms with E-state index >= 15 is 0 Å². The van der Waals surface area contributed by atoms with Crippen molar-refractivity contribution in [2.24, 2.45) is 5.92 Å². The summed E-state index contributed by atoms with van der Waals surface area (Å²) in [6.45, 7) is 5.56. The number of aryl methyl sites for hydroxylation is 1. The molecule has 0 saturated carbocycles. The molecule has 1 aromatic heterocycles. The highest BCUT2D eigenvalue weighted by Crippen LogP contribution is 2.31. The number of fused-ring (bicyclic) bond motifs is 1. The highest BCUT2D eigenvalue weighted by molar-refractivity contribution is 5.47. The minimum atomic E-state index is 0.703. The molecule has 0 bridgehead atoms. The fraction of sp³-hybridized carbons (Fsp3) is 0.583. The fourth-order valence-corrected chi connectivity index (χ4v) is 2.80. The molecule has 3 rings (SSSR count). The first-order valence-electron chi connectivity index (χ1n) is 5.74. The van der Waals surface area contributed by atoms with Gasteiger partial charge in [0, 0.05) is 31.4 Å². The Kier molecular flexibility index (Phi) is 2.13. The number of hydrogen-bond donors (Lipinski definition) is 1. The second-order valence-corrected chi connectivity index (χ2v) is 4.63. The fourth-order valence-electron chi connectivity index (χ4n) is 2.80. The lowest BCUT2D eigenvalue weighted by Gasteiger charge is -2.25. The van der Waals surface area contributed by atoms with Gasteiger partial charge in [-0.25, -0.2) is 0 Å². The third kappa shape index (κ3) is 1.51. The van der Waals surface area contributed by atoms with Crippen molar-refractivity contribution in [3.8, 4) is 0 Å². The van der Waals surface area contributed by atoms with Crippen LogP contribution in [0.3, 0.4) is 0 Å². The smallest absolute Gasteiger partial charge is 0.0556 e. The molecule has 3 nitrogen and oxygen atoms in total. The van der Waals surface area contributed by atoms with Gasteiger partial charge in [0.05, 0.1) is 11.9 Å². The Balaban J connectivity index is 1.85. The summed E-state index contributed by atoms with van der Waals surface area (Å²) < 4.78 is 0. The highest BCUT2D eigenvalue weighted by atomic mass is 15.2. The molecule has 0 aromatic carbocycles. The molecule has 3 heterocycles. The summed E-state index contributed by atoms with van der Waals surface area (Å²) in [5.74, 6) is 0.853. The molecule has 0 spiro atoms. The van der Waals surface area contributed by atoms with Crippen LogP contribution in [0.4, 0.5) is 5.69 Å². The summed E-state index contributed by atoms with van der Waals surface area (Å²) in [5, 5.41) is 3.47. The number of anilines is 1. The van der Waals surface area contributed by atoms with Crippen molar-refractivity contribution >= 4 is 5.69 Å². The van der Waals surface area contributed by atoms with Crippen LogP contribution in [0.25, 0.3) is 0 Å². The predicted molar refractivity (Wildman–Crippen MR) is 61.1 cm³/mol. The average Bonchev–Trinajstić information content (AvgIpc) is 2.80. The molecule has 2 saturated heterocycles. The van der Waals surface area contributed by atoms with Gasteiger partial charge in [-0.2, -0.15) is 0 Å². The van der Waals surface area contributed by atoms with E-state index in [9.17, 15) is 0 Å². The second kappa shape index (κ2) is 3.49. The Labute approximate surface area is 90.5 Å². The van der Waals surface area contributed by atoms with Crippen molar-refractivity contribution in [2.45, 2.75) is 19.4 Å². The standard InChI is InChI=1S/C12H17N3/c1-9-2-3-11(7-14-9)15-5-4-10-6-13-8-12(10)15/h2-3,7,10,12-13H,4-6,8H2,1H3/t10-,12+/m0/s1. The van der Waals surface area contributed by atoms with Crippen LogP contribution < -0.4 is 10.2 Å². The summed E-state index contributed by atoms with van der Waals surface area (Å²) >= 11 is 0. The Bertz CT molecular complexity index is 346. The first-order chi connectivity index (χ1) is 7.34. The molecule has 0 unspecified atom stereocenters. The van der Waals surface area contributed by atoms with Crippen LogP contribution in [-0.2, 0) is 0 Å². The predicted octanol–water partition coefficient (Wildman–Crippen LogP) is 1.19. The number of aromatic nitrogens is 1. The second-order valence-electron chi connectivity index (χ2n) is 4.63. The Morgan fingerprint density at radius 2 is 2.33 bits per heavy atom. The summed E-state index contributed by atoms with van der Waals surface area (Å²) in [6.07, 6.45) is 3.33. The van der Waals surface area contributed by atoms with Crippen LogP contribution in [0.1, 0.15) is 12.1 Å². The van der Waals surface area contributed by atoms with Gasteiger partial charge in [-0.1, -0.05) is 0 Å². The van der Waals surface area contributed by atoms with E-state index in [-0.39, 0.29) is 0 Å². The number of nitrogens with zero attached hydrogens (tertiary/aromatic N) is 2. The molecule has 1 aromatic rings. The topological polar surface area (TPSA) is 28.2 Å². The van der Waals surface area contributed by atoms with Gasteiger partial charge in [0.1, 0.15) is 0 Å². The zero-order valence-corrected chi connectivity index (χ0v) is 9.11. The van der Waals surface area contributed by atoms with Crippen molar-refractivity contribution in [3.63, 3.8) is 0 Å². The van der Waals surface area contributed by atoms with E-state index in [1.54, 1.807) is 0 Å². The van der Waals surface area contributed by atoms with Crippen LogP contribution >= 0.6 is 0 Å². The van der Waals surface area contributed by atoms with E-state index in [0.717, 1.165) is 18.2 Å². The molecular formula is C12H17N3. The van der Waals surface area contributed by atoms with E-state index in [0.29, 0.717) is 6.04 Å². The zero-order valence-electron chi connectivity index (χ0n) is 9.11. The number of rotatable bonds is 1. The van der Waals surface area contributed by atoms with E-state index in [2.05, 4.69) is 27.3 Å². The van der Waals surface area contributed by atoms with Crippen molar-refractivity contribution in [1.29, 1.82) is 0 Å². The van der Waals surface area contributed by atoms with Gasteiger partial charge in [-0.05, 0) is 31.4 Å². The minimum Gasteiger partial charge on any atom is -0.366 e. The van der Waals surface area contributed by atoms with E-state index < -0.39 is 0 Å². The molecule has 0 aliphatic carbocycles. The maximum Gasteiger partial charge on any atom is 0.0556 e. The van der Waals surface area contributed by atoms with Gasteiger partial charge in [-0.15, -0.1) is 0 Å². The number of hydrogen-bond acceptors (Lipinski definition) is 3. The quantitative estimate of drug-likeness (QED) is 0.743. The van der Waals surface area contributed by atoms with Gasteiger partial charge in [0.25, 0.3) is 0 Å². The van der Waals surface area contributed by atoms with Gasteiger partial charge >= 0.3 is 0 Å². The summed E-state index contributed by atoms with van der Waals surface area (Å²) in [6, 6.07) is 5.00. The normalized spacial score (nSPS) is 29.5. The van der Waals surface area contributed by atoms with Crippen molar-refractivity contribution in [3.05, 3.63) is 24.0 Å². The molecule has 1 N–H and O–H groups in total. The molecule has 0 amide bonds. The van der Waals surface area contributed by atoms with Crippen molar-refractivity contribution in [2.75, 3.05) is 24.5 Å². The highest BCUT2D eigenvalue weighted by Gasteiger charge is 2.37. The summed E-state index contributed by atoms with van der Waals surface area (Å²) in [7, 11) is 0. The molecule has 0 radical (unpaired) electrons. The number of nitrogens with one attached hydrogen (secondary N) is 1. The Hall–Kier alpha value is -1.09. The monoisotopic (exact) mass is 203 g/mol. The molecule has 2 aliphatic rings. The van der Waals surface area contributed by atoms with Crippen LogP contribution in [0.2, 0.25) is 0 Å². The van der Waals surface area contributed by atoms with E-state index in [1.165, 1.54) is 25.2 Å².